The molecule has 1 unspecified atom stereocenters. The molecular formula is C13H22N2O6. The first kappa shape index (κ1) is 19.3. The number of amides is 2. The van der Waals surface area contributed by atoms with Gasteiger partial charge in [-0.2, -0.15) is 0 Å². The Morgan fingerprint density at radius 2 is 1.95 bits per heavy atom. The van der Waals surface area contributed by atoms with Gasteiger partial charge in [-0.05, 0) is 12.5 Å². The van der Waals surface area contributed by atoms with Crippen molar-refractivity contribution < 1.29 is 29.6 Å². The third kappa shape index (κ3) is 6.50. The summed E-state index contributed by atoms with van der Waals surface area (Å²) >= 11 is 0. The van der Waals surface area contributed by atoms with Crippen LogP contribution in [0.3, 0.4) is 0 Å². The molecule has 8 heteroatoms. The molecule has 2 amide bonds. The van der Waals surface area contributed by atoms with Crippen LogP contribution in [0.15, 0.2) is 23.4 Å². The summed E-state index contributed by atoms with van der Waals surface area (Å²) < 4.78 is 4.94. The number of aliphatic hydroxyl groups is 3. The van der Waals surface area contributed by atoms with Gasteiger partial charge in [-0.1, -0.05) is 6.08 Å². The largest absolute Gasteiger partial charge is 0.392 e. The minimum absolute atomic E-state index is 0.124. The summed E-state index contributed by atoms with van der Waals surface area (Å²) in [5.74, 6) is -1.01. The van der Waals surface area contributed by atoms with Crippen LogP contribution in [0.4, 0.5) is 0 Å². The van der Waals surface area contributed by atoms with E-state index in [1.165, 1.54) is 20.0 Å². The Balaban J connectivity index is 5.44. The molecule has 0 heterocycles. The predicted octanol–water partition coefficient (Wildman–Crippen LogP) is -1.61. The van der Waals surface area contributed by atoms with Crippen molar-refractivity contribution in [2.45, 2.75) is 26.1 Å². The third-order valence-electron chi connectivity index (χ3n) is 2.65. The number of ether oxygens (including phenoxy) is 1. The zero-order chi connectivity index (χ0) is 16.4. The molecule has 0 aromatic carbocycles. The van der Waals surface area contributed by atoms with Crippen molar-refractivity contribution in [3.63, 3.8) is 0 Å². The lowest BCUT2D eigenvalue weighted by molar-refractivity contribution is -0.118. The van der Waals surface area contributed by atoms with Crippen LogP contribution in [0.5, 0.6) is 0 Å². The summed E-state index contributed by atoms with van der Waals surface area (Å²) in [4.78, 5) is 22.7. The van der Waals surface area contributed by atoms with Crippen LogP contribution in [-0.2, 0) is 14.3 Å². The second-order valence-electron chi connectivity index (χ2n) is 4.11. The van der Waals surface area contributed by atoms with Gasteiger partial charge in [-0.3, -0.25) is 9.59 Å². The number of nitrogens with one attached hydrogen (secondary N) is 2. The van der Waals surface area contributed by atoms with E-state index in [1.807, 2.05) is 0 Å². The molecule has 0 aliphatic heterocycles. The van der Waals surface area contributed by atoms with Crippen LogP contribution in [0.25, 0.3) is 0 Å². The smallest absolute Gasteiger partial charge is 0.251 e. The standard InChI is InChI=1S/C13H22N2O6/c1-8(21-7-17)10(4-5-16)12(19)11(13(20)14-3)6-15-9(2)18/h4,6,8,12,16-17,19H,5,7H2,1-3H3,(H,14,20)(H,15,18)/b10-4+,11-6-/t8-,12?/m1/s1. The number of hydrogen-bond donors (Lipinski definition) is 5. The van der Waals surface area contributed by atoms with Gasteiger partial charge in [-0.25, -0.2) is 0 Å². The van der Waals surface area contributed by atoms with Crippen molar-refractivity contribution in [3.8, 4) is 0 Å². The fourth-order valence-corrected chi connectivity index (χ4v) is 1.59. The van der Waals surface area contributed by atoms with Gasteiger partial charge in [0, 0.05) is 20.2 Å². The van der Waals surface area contributed by atoms with E-state index in [9.17, 15) is 14.7 Å². The van der Waals surface area contributed by atoms with Gasteiger partial charge in [-0.15, -0.1) is 0 Å². The molecule has 8 nitrogen and oxygen atoms in total. The highest BCUT2D eigenvalue weighted by atomic mass is 16.6. The average molecular weight is 302 g/mol. The molecule has 0 rings (SSSR count). The first-order valence-electron chi connectivity index (χ1n) is 6.29. The van der Waals surface area contributed by atoms with Gasteiger partial charge in [0.2, 0.25) is 5.91 Å². The molecule has 0 aromatic rings. The Kier molecular flexibility index (Phi) is 9.22. The van der Waals surface area contributed by atoms with E-state index in [-0.39, 0.29) is 17.8 Å². The molecule has 0 aromatic heterocycles. The van der Waals surface area contributed by atoms with E-state index in [1.54, 1.807) is 6.92 Å². The van der Waals surface area contributed by atoms with Crippen molar-refractivity contribution in [2.24, 2.45) is 0 Å². The predicted molar refractivity (Wildman–Crippen MR) is 74.8 cm³/mol. The highest BCUT2D eigenvalue weighted by molar-refractivity contribution is 5.95. The minimum atomic E-state index is -1.41. The molecule has 0 fully saturated rings. The van der Waals surface area contributed by atoms with Gasteiger partial charge in [0.15, 0.2) is 0 Å². The molecular weight excluding hydrogens is 280 g/mol. The molecule has 0 saturated carbocycles. The maximum atomic E-state index is 11.8. The summed E-state index contributed by atoms with van der Waals surface area (Å²) in [7, 11) is 1.37. The number of rotatable bonds is 8. The number of carbonyl (C=O) groups is 2. The second kappa shape index (κ2) is 10.1. The summed E-state index contributed by atoms with van der Waals surface area (Å²) in [5.41, 5.74) is 0.0625. The SMILES string of the molecule is CNC(=O)/C(=C\NC(C)=O)C(O)/C(=C/CO)[C@@H](C)OCO. The Hall–Kier alpha value is -1.74. The Bertz CT molecular complexity index is 419. The molecule has 0 aliphatic carbocycles. The van der Waals surface area contributed by atoms with Crippen LogP contribution in [0, 0.1) is 0 Å². The Morgan fingerprint density at radius 1 is 1.33 bits per heavy atom. The first-order valence-corrected chi connectivity index (χ1v) is 6.29. The van der Waals surface area contributed by atoms with Gasteiger partial charge >= 0.3 is 0 Å². The maximum Gasteiger partial charge on any atom is 0.251 e. The lowest BCUT2D eigenvalue weighted by Crippen LogP contribution is -2.34. The summed E-state index contributed by atoms with van der Waals surface area (Å²) in [6.07, 6.45) is 0.214. The van der Waals surface area contributed by atoms with E-state index in [2.05, 4.69) is 10.6 Å². The fourth-order valence-electron chi connectivity index (χ4n) is 1.59. The van der Waals surface area contributed by atoms with E-state index in [0.717, 1.165) is 6.20 Å². The second-order valence-corrected chi connectivity index (χ2v) is 4.11. The van der Waals surface area contributed by atoms with Crippen molar-refractivity contribution in [1.29, 1.82) is 0 Å². The average Bonchev–Trinajstić information content (AvgIpc) is 2.44. The molecule has 0 aliphatic rings. The minimum Gasteiger partial charge on any atom is -0.392 e. The number of likely N-dealkylation sites (N-methyl/N-ethyl adjacent to an activating group) is 1. The number of hydrogen-bond acceptors (Lipinski definition) is 6. The zero-order valence-corrected chi connectivity index (χ0v) is 12.3. The number of carbonyl (C=O) groups excluding carboxylic acids is 2. The highest BCUT2D eigenvalue weighted by Gasteiger charge is 2.25. The highest BCUT2D eigenvalue weighted by Crippen LogP contribution is 2.18. The maximum absolute atomic E-state index is 11.8. The Labute approximate surface area is 123 Å². The van der Waals surface area contributed by atoms with Crippen LogP contribution < -0.4 is 10.6 Å². The van der Waals surface area contributed by atoms with Gasteiger partial charge < -0.3 is 30.7 Å². The molecule has 0 bridgehead atoms. The van der Waals surface area contributed by atoms with Crippen molar-refractivity contribution in [3.05, 3.63) is 23.4 Å². The van der Waals surface area contributed by atoms with Crippen molar-refractivity contribution in [2.75, 3.05) is 20.4 Å². The Morgan fingerprint density at radius 3 is 2.38 bits per heavy atom. The molecule has 0 spiro atoms. The molecule has 2 atom stereocenters. The summed E-state index contributed by atoms with van der Waals surface area (Å²) in [5, 5.41) is 32.7. The van der Waals surface area contributed by atoms with Crippen LogP contribution in [0.2, 0.25) is 0 Å². The van der Waals surface area contributed by atoms with E-state index < -0.39 is 30.8 Å². The van der Waals surface area contributed by atoms with Crippen LogP contribution in [-0.4, -0.2) is 59.8 Å². The van der Waals surface area contributed by atoms with E-state index in [4.69, 9.17) is 14.9 Å². The van der Waals surface area contributed by atoms with Gasteiger partial charge in [0.05, 0.1) is 18.3 Å². The topological polar surface area (TPSA) is 128 Å². The van der Waals surface area contributed by atoms with Gasteiger partial charge in [0.25, 0.3) is 5.91 Å². The van der Waals surface area contributed by atoms with Crippen molar-refractivity contribution in [1.82, 2.24) is 10.6 Å². The first-order chi connectivity index (χ1) is 9.88. The van der Waals surface area contributed by atoms with E-state index in [0.29, 0.717) is 0 Å². The lowest BCUT2D eigenvalue weighted by Gasteiger charge is -2.22. The molecule has 21 heavy (non-hydrogen) atoms. The fraction of sp³-hybridized carbons (Fsp3) is 0.538. The van der Waals surface area contributed by atoms with Crippen LogP contribution >= 0.6 is 0 Å². The van der Waals surface area contributed by atoms with Crippen molar-refractivity contribution >= 4 is 11.8 Å². The quantitative estimate of drug-likeness (QED) is 0.208. The number of aliphatic hydroxyl groups excluding tert-OH is 3. The molecule has 0 radical (unpaired) electrons. The normalized spacial score (nSPS) is 15.3. The van der Waals surface area contributed by atoms with Crippen LogP contribution in [0.1, 0.15) is 13.8 Å². The third-order valence-corrected chi connectivity index (χ3v) is 2.65. The van der Waals surface area contributed by atoms with E-state index >= 15 is 0 Å². The lowest BCUT2D eigenvalue weighted by atomic mass is 9.97. The summed E-state index contributed by atoms with van der Waals surface area (Å²) in [6.45, 7) is 1.83. The zero-order valence-electron chi connectivity index (χ0n) is 12.3. The molecule has 120 valence electrons. The van der Waals surface area contributed by atoms with Gasteiger partial charge in [0.1, 0.15) is 12.9 Å². The molecule has 5 N–H and O–H groups in total. The summed E-state index contributed by atoms with van der Waals surface area (Å²) in [6, 6.07) is 0. The molecule has 0 saturated heterocycles. The monoisotopic (exact) mass is 302 g/mol.